The number of aromatic nitrogens is 2. The normalized spacial score (nSPS) is 16.8. The number of benzene rings is 1. The lowest BCUT2D eigenvalue weighted by Gasteiger charge is -2.36. The molecule has 1 amide bonds. The molecule has 2 fully saturated rings. The minimum absolute atomic E-state index is 0.102. The molecule has 4 heterocycles. The fraction of sp³-hybridized carbons (Fsp3) is 0.393. The van der Waals surface area contributed by atoms with Crippen LogP contribution in [0.3, 0.4) is 0 Å². The lowest BCUT2D eigenvalue weighted by Crippen LogP contribution is -2.49. The zero-order valence-corrected chi connectivity index (χ0v) is 21.1. The van der Waals surface area contributed by atoms with Crippen LogP contribution in [-0.2, 0) is 13.6 Å². The number of rotatable bonds is 5. The number of carbonyl (C=O) groups is 1. The molecule has 186 valence electrons. The van der Waals surface area contributed by atoms with Gasteiger partial charge in [0.1, 0.15) is 17.6 Å². The predicted molar refractivity (Wildman–Crippen MR) is 141 cm³/mol. The highest BCUT2D eigenvalue weighted by atomic mass is 16.2. The van der Waals surface area contributed by atoms with Crippen molar-refractivity contribution < 1.29 is 4.79 Å². The lowest BCUT2D eigenvalue weighted by molar-refractivity contribution is 0.0736. The molecule has 2 saturated heterocycles. The highest BCUT2D eigenvalue weighted by molar-refractivity contribution is 5.93. The van der Waals surface area contributed by atoms with Crippen LogP contribution in [0, 0.1) is 18.3 Å². The second-order valence-corrected chi connectivity index (χ2v) is 9.56. The molecule has 0 unspecified atom stereocenters. The number of hydrogen-bond acceptors (Lipinski definition) is 6. The maximum atomic E-state index is 13.4. The van der Waals surface area contributed by atoms with Gasteiger partial charge in [0.2, 0.25) is 0 Å². The van der Waals surface area contributed by atoms with Crippen LogP contribution in [0.1, 0.15) is 27.3 Å². The first-order valence-corrected chi connectivity index (χ1v) is 12.6. The zero-order valence-electron chi connectivity index (χ0n) is 21.1. The first kappa shape index (κ1) is 23.9. The van der Waals surface area contributed by atoms with Gasteiger partial charge in [-0.25, -0.2) is 4.98 Å². The summed E-state index contributed by atoms with van der Waals surface area (Å²) in [4.78, 5) is 26.8. The highest BCUT2D eigenvalue weighted by Crippen LogP contribution is 2.23. The van der Waals surface area contributed by atoms with E-state index >= 15 is 0 Å². The number of amides is 1. The van der Waals surface area contributed by atoms with E-state index in [-0.39, 0.29) is 5.91 Å². The Kier molecular flexibility index (Phi) is 6.92. The Bertz CT molecular complexity index is 1250. The van der Waals surface area contributed by atoms with Gasteiger partial charge in [-0.1, -0.05) is 18.2 Å². The first-order valence-electron chi connectivity index (χ1n) is 12.6. The third kappa shape index (κ3) is 4.79. The molecular weight excluding hydrogens is 450 g/mol. The van der Waals surface area contributed by atoms with Crippen molar-refractivity contribution >= 4 is 17.4 Å². The molecule has 0 radical (unpaired) electrons. The van der Waals surface area contributed by atoms with Gasteiger partial charge in [-0.15, -0.1) is 0 Å². The van der Waals surface area contributed by atoms with Gasteiger partial charge in [0.25, 0.3) is 5.91 Å². The average molecular weight is 484 g/mol. The maximum absolute atomic E-state index is 13.4. The Balaban J connectivity index is 1.20. The van der Waals surface area contributed by atoms with Crippen molar-refractivity contribution in [1.29, 1.82) is 5.26 Å². The summed E-state index contributed by atoms with van der Waals surface area (Å²) in [7, 11) is 1.99. The van der Waals surface area contributed by atoms with E-state index in [9.17, 15) is 10.1 Å². The Hall–Kier alpha value is -3.83. The van der Waals surface area contributed by atoms with Gasteiger partial charge in [-0.05, 0) is 42.8 Å². The van der Waals surface area contributed by atoms with Gasteiger partial charge >= 0.3 is 0 Å². The van der Waals surface area contributed by atoms with E-state index in [1.165, 1.54) is 5.56 Å². The van der Waals surface area contributed by atoms with Crippen LogP contribution in [0.2, 0.25) is 0 Å². The number of para-hydroxylation sites is 1. The van der Waals surface area contributed by atoms with Gasteiger partial charge in [0, 0.05) is 77.8 Å². The third-order valence-corrected chi connectivity index (χ3v) is 7.53. The van der Waals surface area contributed by atoms with Gasteiger partial charge in [-0.2, -0.15) is 5.26 Å². The predicted octanol–water partition coefficient (Wildman–Crippen LogP) is 2.88. The summed E-state index contributed by atoms with van der Waals surface area (Å²) in [6.45, 7) is 9.52. The summed E-state index contributed by atoms with van der Waals surface area (Å²) in [6, 6.07) is 18.2. The van der Waals surface area contributed by atoms with E-state index in [4.69, 9.17) is 0 Å². The summed E-state index contributed by atoms with van der Waals surface area (Å²) < 4.78 is 2.04. The Morgan fingerprint density at radius 1 is 0.944 bits per heavy atom. The van der Waals surface area contributed by atoms with Crippen molar-refractivity contribution in [2.24, 2.45) is 7.05 Å². The number of pyridine rings is 1. The molecule has 0 aliphatic carbocycles. The summed E-state index contributed by atoms with van der Waals surface area (Å²) >= 11 is 0. The molecule has 36 heavy (non-hydrogen) atoms. The summed E-state index contributed by atoms with van der Waals surface area (Å²) in [5, 5.41) is 9.43. The highest BCUT2D eigenvalue weighted by Gasteiger charge is 2.27. The topological polar surface area (TPSA) is 71.6 Å². The van der Waals surface area contributed by atoms with Crippen molar-refractivity contribution in [2.45, 2.75) is 13.5 Å². The van der Waals surface area contributed by atoms with E-state index in [1.54, 1.807) is 0 Å². The second-order valence-electron chi connectivity index (χ2n) is 9.56. The fourth-order valence-corrected chi connectivity index (χ4v) is 5.20. The monoisotopic (exact) mass is 483 g/mol. The first-order chi connectivity index (χ1) is 17.5. The number of nitrogens with zero attached hydrogens (tertiary/aromatic N) is 7. The molecule has 0 atom stereocenters. The van der Waals surface area contributed by atoms with Crippen molar-refractivity contribution in [3.05, 3.63) is 77.2 Å². The standard InChI is InChI=1S/C28H33N7O/c1-22-24(21-32-11-13-33(14-12-32)25-8-4-3-7-23(25)20-29)19-26(31(22)2)28(36)35-17-15-34(16-18-35)27-9-5-6-10-30-27/h3-10,19H,11-18,21H2,1-2H3. The Morgan fingerprint density at radius 3 is 2.33 bits per heavy atom. The second kappa shape index (κ2) is 10.4. The molecule has 8 nitrogen and oxygen atoms in total. The summed E-state index contributed by atoms with van der Waals surface area (Å²) in [5.41, 5.74) is 4.86. The average Bonchev–Trinajstić information content (AvgIpc) is 3.22. The maximum Gasteiger partial charge on any atom is 0.270 e. The third-order valence-electron chi connectivity index (χ3n) is 7.53. The van der Waals surface area contributed by atoms with E-state index in [0.717, 1.165) is 74.3 Å². The molecule has 5 rings (SSSR count). The molecule has 2 aromatic heterocycles. The molecule has 0 saturated carbocycles. The molecule has 2 aliphatic rings. The van der Waals surface area contributed by atoms with Crippen LogP contribution in [-0.4, -0.2) is 77.6 Å². The van der Waals surface area contributed by atoms with Crippen LogP contribution in [0.25, 0.3) is 0 Å². The lowest BCUT2D eigenvalue weighted by atomic mass is 10.1. The van der Waals surface area contributed by atoms with Crippen LogP contribution in [0.5, 0.6) is 0 Å². The number of hydrogen-bond donors (Lipinski definition) is 0. The van der Waals surface area contributed by atoms with E-state index in [0.29, 0.717) is 13.1 Å². The largest absolute Gasteiger partial charge is 0.368 e. The molecule has 2 aliphatic heterocycles. The van der Waals surface area contributed by atoms with Crippen LogP contribution in [0.15, 0.2) is 54.7 Å². The molecule has 0 bridgehead atoms. The van der Waals surface area contributed by atoms with Crippen LogP contribution in [0.4, 0.5) is 11.5 Å². The van der Waals surface area contributed by atoms with Crippen molar-refractivity contribution in [2.75, 3.05) is 62.2 Å². The quantitative estimate of drug-likeness (QED) is 0.556. The molecular formula is C28H33N7O. The SMILES string of the molecule is Cc1c(CN2CCN(c3ccccc3C#N)CC2)cc(C(=O)N2CCN(c3ccccn3)CC2)n1C. The van der Waals surface area contributed by atoms with Gasteiger partial charge in [-0.3, -0.25) is 9.69 Å². The summed E-state index contributed by atoms with van der Waals surface area (Å²) in [5.74, 6) is 1.07. The summed E-state index contributed by atoms with van der Waals surface area (Å²) in [6.07, 6.45) is 1.81. The van der Waals surface area contributed by atoms with Gasteiger partial charge < -0.3 is 19.3 Å². The number of anilines is 2. The van der Waals surface area contributed by atoms with Crippen molar-refractivity contribution in [3.8, 4) is 6.07 Å². The van der Waals surface area contributed by atoms with Gasteiger partial charge in [0.05, 0.1) is 11.3 Å². The smallest absolute Gasteiger partial charge is 0.270 e. The number of carbonyl (C=O) groups excluding carboxylic acids is 1. The van der Waals surface area contributed by atoms with Crippen molar-refractivity contribution in [1.82, 2.24) is 19.4 Å². The van der Waals surface area contributed by atoms with Crippen LogP contribution < -0.4 is 9.80 Å². The van der Waals surface area contributed by atoms with Crippen molar-refractivity contribution in [3.63, 3.8) is 0 Å². The Labute approximate surface area is 213 Å². The van der Waals surface area contributed by atoms with E-state index < -0.39 is 0 Å². The fourth-order valence-electron chi connectivity index (χ4n) is 5.20. The zero-order chi connectivity index (χ0) is 25.1. The number of piperazine rings is 2. The minimum Gasteiger partial charge on any atom is -0.368 e. The number of nitriles is 1. The molecule has 0 spiro atoms. The Morgan fingerprint density at radius 2 is 1.64 bits per heavy atom. The van der Waals surface area contributed by atoms with Gasteiger partial charge in [0.15, 0.2) is 0 Å². The van der Waals surface area contributed by atoms with E-state index in [2.05, 4.69) is 38.7 Å². The molecule has 1 aromatic carbocycles. The van der Waals surface area contributed by atoms with Crippen LogP contribution >= 0.6 is 0 Å². The minimum atomic E-state index is 0.102. The molecule has 8 heteroatoms. The molecule has 3 aromatic rings. The van der Waals surface area contributed by atoms with E-state index in [1.807, 2.05) is 65.2 Å². The molecule has 0 N–H and O–H groups in total.